The molecule has 0 spiro atoms. The van der Waals surface area contributed by atoms with Gasteiger partial charge in [0.1, 0.15) is 11.5 Å². The van der Waals surface area contributed by atoms with Gasteiger partial charge in [0.05, 0.1) is 5.69 Å². The predicted molar refractivity (Wildman–Crippen MR) is 79.3 cm³/mol. The Morgan fingerprint density at radius 1 is 1.48 bits per heavy atom. The minimum atomic E-state index is 0.0157. The Morgan fingerprint density at radius 2 is 2.14 bits per heavy atom. The minimum Gasteiger partial charge on any atom is -0.409 e. The van der Waals surface area contributed by atoms with Gasteiger partial charge in [0.15, 0.2) is 0 Å². The molecular weight excluding hydrogens is 270 g/mol. The lowest BCUT2D eigenvalue weighted by Gasteiger charge is -2.31. The second-order valence-corrected chi connectivity index (χ2v) is 5.28. The number of piperidine rings is 1. The van der Waals surface area contributed by atoms with Crippen molar-refractivity contribution in [2.45, 2.75) is 39.7 Å². The van der Waals surface area contributed by atoms with E-state index in [9.17, 15) is 4.79 Å². The molecular formula is C14H23N5O2. The summed E-state index contributed by atoms with van der Waals surface area (Å²) in [7, 11) is 0. The molecule has 7 heteroatoms. The van der Waals surface area contributed by atoms with Crippen LogP contribution in [-0.4, -0.2) is 44.7 Å². The lowest BCUT2D eigenvalue weighted by atomic mass is 9.95. The fourth-order valence-corrected chi connectivity index (χ4v) is 2.68. The van der Waals surface area contributed by atoms with Crippen molar-refractivity contribution in [3.63, 3.8) is 0 Å². The molecule has 1 amide bonds. The van der Waals surface area contributed by atoms with E-state index >= 15 is 0 Å². The second kappa shape index (κ2) is 6.60. The second-order valence-electron chi connectivity index (χ2n) is 5.28. The molecule has 1 aromatic rings. The first kappa shape index (κ1) is 15.3. The molecule has 0 aliphatic carbocycles. The normalized spacial score (nSPS) is 17.2. The number of aryl methyl sites for hydroxylation is 2. The number of aromatic nitrogens is 2. The van der Waals surface area contributed by atoms with Crippen molar-refractivity contribution in [1.29, 1.82) is 0 Å². The number of carbonyl (C=O) groups is 1. The predicted octanol–water partition coefficient (Wildman–Crippen LogP) is 1.06. The van der Waals surface area contributed by atoms with Crippen LogP contribution in [0.1, 0.15) is 42.9 Å². The maximum absolute atomic E-state index is 12.6. The molecule has 7 nitrogen and oxygen atoms in total. The molecule has 1 fully saturated rings. The zero-order valence-electron chi connectivity index (χ0n) is 12.6. The maximum Gasteiger partial charge on any atom is 0.272 e. The van der Waals surface area contributed by atoms with Crippen LogP contribution in [0.5, 0.6) is 0 Å². The monoisotopic (exact) mass is 293 g/mol. The number of nitrogens with two attached hydrogens (primary N) is 1. The summed E-state index contributed by atoms with van der Waals surface area (Å²) in [6.45, 7) is 5.93. The summed E-state index contributed by atoms with van der Waals surface area (Å²) in [5.41, 5.74) is 7.22. The van der Waals surface area contributed by atoms with Gasteiger partial charge in [-0.05, 0) is 32.3 Å². The summed E-state index contributed by atoms with van der Waals surface area (Å²) in [4.78, 5) is 14.4. The summed E-state index contributed by atoms with van der Waals surface area (Å²) in [6.07, 6.45) is 2.27. The van der Waals surface area contributed by atoms with Crippen LogP contribution in [0.2, 0.25) is 0 Å². The van der Waals surface area contributed by atoms with Gasteiger partial charge in [-0.25, -0.2) is 0 Å². The molecule has 21 heavy (non-hydrogen) atoms. The summed E-state index contributed by atoms with van der Waals surface area (Å²) in [5, 5.41) is 16.2. The van der Waals surface area contributed by atoms with E-state index in [4.69, 9.17) is 10.9 Å². The van der Waals surface area contributed by atoms with E-state index in [1.54, 1.807) is 4.68 Å². The van der Waals surface area contributed by atoms with Crippen LogP contribution >= 0.6 is 0 Å². The number of likely N-dealkylation sites (tertiary alicyclic amines) is 1. The fourth-order valence-electron chi connectivity index (χ4n) is 2.68. The Balaban J connectivity index is 2.07. The Bertz CT molecular complexity index is 529. The first-order valence-electron chi connectivity index (χ1n) is 7.44. The average molecular weight is 293 g/mol. The number of amidine groups is 1. The van der Waals surface area contributed by atoms with Crippen LogP contribution in [-0.2, 0) is 13.0 Å². The smallest absolute Gasteiger partial charge is 0.272 e. The van der Waals surface area contributed by atoms with Crippen molar-refractivity contribution < 1.29 is 10.0 Å². The topological polar surface area (TPSA) is 96.7 Å². The quantitative estimate of drug-likeness (QED) is 0.375. The Morgan fingerprint density at radius 3 is 2.67 bits per heavy atom. The van der Waals surface area contributed by atoms with Crippen LogP contribution in [0.3, 0.4) is 0 Å². The van der Waals surface area contributed by atoms with Crippen molar-refractivity contribution >= 4 is 11.7 Å². The van der Waals surface area contributed by atoms with Crippen molar-refractivity contribution in [3.8, 4) is 0 Å². The lowest BCUT2D eigenvalue weighted by Crippen LogP contribution is -2.42. The highest BCUT2D eigenvalue weighted by Crippen LogP contribution is 2.19. The minimum absolute atomic E-state index is 0.0157. The highest BCUT2D eigenvalue weighted by Gasteiger charge is 2.27. The van der Waals surface area contributed by atoms with E-state index in [2.05, 4.69) is 10.3 Å². The van der Waals surface area contributed by atoms with Crippen LogP contribution in [0.4, 0.5) is 0 Å². The Kier molecular flexibility index (Phi) is 4.82. The lowest BCUT2D eigenvalue weighted by molar-refractivity contribution is 0.0696. The number of amides is 1. The van der Waals surface area contributed by atoms with E-state index in [-0.39, 0.29) is 17.7 Å². The van der Waals surface area contributed by atoms with E-state index < -0.39 is 0 Å². The highest BCUT2D eigenvalue weighted by atomic mass is 16.4. The molecule has 0 atom stereocenters. The van der Waals surface area contributed by atoms with Crippen LogP contribution in [0.15, 0.2) is 11.2 Å². The summed E-state index contributed by atoms with van der Waals surface area (Å²) in [5.74, 6) is 0.331. The molecule has 2 heterocycles. The van der Waals surface area contributed by atoms with Crippen molar-refractivity contribution in [2.75, 3.05) is 13.1 Å². The summed E-state index contributed by atoms with van der Waals surface area (Å²) < 4.78 is 1.76. The largest absolute Gasteiger partial charge is 0.409 e. The molecule has 0 unspecified atom stereocenters. The molecule has 3 N–H and O–H groups in total. The zero-order valence-corrected chi connectivity index (χ0v) is 12.6. The van der Waals surface area contributed by atoms with Gasteiger partial charge in [0, 0.05) is 25.6 Å². The average Bonchev–Trinajstić information content (AvgIpc) is 2.97. The van der Waals surface area contributed by atoms with Gasteiger partial charge in [-0.1, -0.05) is 12.1 Å². The van der Waals surface area contributed by atoms with Gasteiger partial charge in [-0.15, -0.1) is 0 Å². The van der Waals surface area contributed by atoms with E-state index in [1.165, 1.54) is 0 Å². The van der Waals surface area contributed by atoms with Gasteiger partial charge in [0.25, 0.3) is 5.91 Å². The molecule has 0 bridgehead atoms. The summed E-state index contributed by atoms with van der Waals surface area (Å²) >= 11 is 0. The molecule has 0 radical (unpaired) electrons. The van der Waals surface area contributed by atoms with E-state index in [1.807, 2.05) is 24.8 Å². The van der Waals surface area contributed by atoms with Crippen LogP contribution in [0, 0.1) is 5.92 Å². The molecule has 2 rings (SSSR count). The zero-order chi connectivity index (χ0) is 15.4. The van der Waals surface area contributed by atoms with Crippen molar-refractivity contribution in [1.82, 2.24) is 14.7 Å². The van der Waals surface area contributed by atoms with E-state index in [0.29, 0.717) is 25.3 Å². The van der Waals surface area contributed by atoms with Gasteiger partial charge in [-0.3, -0.25) is 9.48 Å². The molecule has 1 saturated heterocycles. The third-order valence-electron chi connectivity index (χ3n) is 4.03. The molecule has 0 saturated carbocycles. The van der Waals surface area contributed by atoms with Gasteiger partial charge >= 0.3 is 0 Å². The third-order valence-corrected chi connectivity index (χ3v) is 4.03. The molecule has 1 aliphatic rings. The summed E-state index contributed by atoms with van der Waals surface area (Å²) in [6, 6.07) is 1.88. The standard InChI is InChI=1S/C14H23N5O2/c1-3-11-9-12(19(4-2)16-11)14(20)18-7-5-10(6-8-18)13(15)17-21/h9-10,21H,3-8H2,1-2H3,(H2,15,17). The number of nitrogens with zero attached hydrogens (tertiary/aromatic N) is 4. The molecule has 116 valence electrons. The Hall–Kier alpha value is -2.05. The third kappa shape index (κ3) is 3.17. The van der Waals surface area contributed by atoms with Crippen LogP contribution in [0.25, 0.3) is 0 Å². The van der Waals surface area contributed by atoms with Crippen molar-refractivity contribution in [2.24, 2.45) is 16.8 Å². The number of hydrogen-bond donors (Lipinski definition) is 2. The van der Waals surface area contributed by atoms with Gasteiger partial charge in [0.2, 0.25) is 0 Å². The first-order chi connectivity index (χ1) is 10.1. The molecule has 1 aromatic heterocycles. The Labute approximate surface area is 124 Å². The number of rotatable bonds is 4. The molecule has 1 aliphatic heterocycles. The van der Waals surface area contributed by atoms with E-state index in [0.717, 1.165) is 25.0 Å². The van der Waals surface area contributed by atoms with Crippen LogP contribution < -0.4 is 5.73 Å². The van der Waals surface area contributed by atoms with Gasteiger partial charge < -0.3 is 15.8 Å². The number of hydrogen-bond acceptors (Lipinski definition) is 4. The molecule has 0 aromatic carbocycles. The van der Waals surface area contributed by atoms with Crippen molar-refractivity contribution in [3.05, 3.63) is 17.5 Å². The number of oxime groups is 1. The SMILES string of the molecule is CCc1cc(C(=O)N2CCC(C(N)=NO)CC2)n(CC)n1. The maximum atomic E-state index is 12.6. The number of carbonyl (C=O) groups excluding carboxylic acids is 1. The highest BCUT2D eigenvalue weighted by molar-refractivity contribution is 5.93. The first-order valence-corrected chi connectivity index (χ1v) is 7.44. The van der Waals surface area contributed by atoms with Gasteiger partial charge in [-0.2, -0.15) is 5.10 Å². The fraction of sp³-hybridized carbons (Fsp3) is 0.643.